The molecular weight excluding hydrogens is 260 g/mol. The van der Waals surface area contributed by atoms with Crippen LogP contribution in [0.3, 0.4) is 0 Å². The van der Waals surface area contributed by atoms with E-state index in [1.807, 2.05) is 19.1 Å². The maximum Gasteiger partial charge on any atom is 0.308 e. The average Bonchev–Trinajstić information content (AvgIpc) is 2.17. The number of methoxy groups -OCH3 is 1. The highest BCUT2D eigenvalue weighted by Crippen LogP contribution is 2.26. The smallest absolute Gasteiger partial charge is 0.308 e. The molecule has 0 bridgehead atoms. The average molecular weight is 273 g/mol. The molecule has 0 unspecified atom stereocenters. The van der Waals surface area contributed by atoms with Crippen LogP contribution < -0.4 is 0 Å². The molecule has 0 aliphatic rings. The molecule has 0 amide bonds. The van der Waals surface area contributed by atoms with Crippen molar-refractivity contribution >= 4 is 21.9 Å². The molecule has 4 heteroatoms. The van der Waals surface area contributed by atoms with E-state index in [-0.39, 0.29) is 6.42 Å². The van der Waals surface area contributed by atoms with Crippen LogP contribution in [0, 0.1) is 6.92 Å². The molecule has 0 aromatic heterocycles. The summed E-state index contributed by atoms with van der Waals surface area (Å²) in [6, 6.07) is 5.59. The van der Waals surface area contributed by atoms with Crippen molar-refractivity contribution < 1.29 is 14.6 Å². The van der Waals surface area contributed by atoms with Gasteiger partial charge in [-0.1, -0.05) is 28.1 Å². The summed E-state index contributed by atoms with van der Waals surface area (Å²) in [6.45, 7) is 1.96. The Hall–Kier alpha value is -0.870. The number of carbonyl (C=O) groups excluding carboxylic acids is 1. The highest BCUT2D eigenvalue weighted by Gasteiger charge is 2.15. The molecule has 0 spiro atoms. The van der Waals surface area contributed by atoms with Crippen LogP contribution in [-0.4, -0.2) is 18.2 Å². The normalized spacial score (nSPS) is 12.3. The molecule has 1 N–H and O–H groups in total. The molecule has 82 valence electrons. The SMILES string of the molecule is COC(=O)C[C@H](O)c1ccc(C)cc1Br. The summed E-state index contributed by atoms with van der Waals surface area (Å²) < 4.78 is 5.30. The minimum Gasteiger partial charge on any atom is -0.469 e. The second kappa shape index (κ2) is 5.28. The standard InChI is InChI=1S/C11H13BrO3/c1-7-3-4-8(9(12)5-7)10(13)6-11(14)15-2/h3-5,10,13H,6H2,1-2H3/t10-/m0/s1. The zero-order valence-electron chi connectivity index (χ0n) is 8.66. The minimum atomic E-state index is -0.826. The third-order valence-corrected chi connectivity index (χ3v) is 2.79. The second-order valence-corrected chi connectivity index (χ2v) is 4.18. The Balaban J connectivity index is 2.82. The molecule has 1 atom stereocenters. The number of halogens is 1. The topological polar surface area (TPSA) is 46.5 Å². The lowest BCUT2D eigenvalue weighted by atomic mass is 10.1. The quantitative estimate of drug-likeness (QED) is 0.860. The first-order valence-corrected chi connectivity index (χ1v) is 5.35. The third kappa shape index (κ3) is 3.32. The predicted molar refractivity (Wildman–Crippen MR) is 60.5 cm³/mol. The van der Waals surface area contributed by atoms with Gasteiger partial charge in [-0.15, -0.1) is 0 Å². The van der Waals surface area contributed by atoms with Crippen molar-refractivity contribution in [3.63, 3.8) is 0 Å². The van der Waals surface area contributed by atoms with Crippen LogP contribution in [0.25, 0.3) is 0 Å². The van der Waals surface area contributed by atoms with Gasteiger partial charge in [-0.25, -0.2) is 0 Å². The predicted octanol–water partition coefficient (Wildman–Crippen LogP) is 2.35. The number of hydrogen-bond acceptors (Lipinski definition) is 3. The molecule has 0 heterocycles. The fraction of sp³-hybridized carbons (Fsp3) is 0.364. The van der Waals surface area contributed by atoms with Crippen LogP contribution in [0.4, 0.5) is 0 Å². The van der Waals surface area contributed by atoms with Crippen LogP contribution in [0.1, 0.15) is 23.7 Å². The summed E-state index contributed by atoms with van der Waals surface area (Å²) in [7, 11) is 1.30. The van der Waals surface area contributed by atoms with Crippen LogP contribution in [0.5, 0.6) is 0 Å². The fourth-order valence-electron chi connectivity index (χ4n) is 1.25. The van der Waals surface area contributed by atoms with Gasteiger partial charge in [0, 0.05) is 4.47 Å². The summed E-state index contributed by atoms with van der Waals surface area (Å²) >= 11 is 3.35. The molecule has 0 radical (unpaired) electrons. The van der Waals surface area contributed by atoms with E-state index < -0.39 is 12.1 Å². The van der Waals surface area contributed by atoms with Gasteiger partial charge in [0.05, 0.1) is 19.6 Å². The lowest BCUT2D eigenvalue weighted by molar-refractivity contribution is -0.142. The van der Waals surface area contributed by atoms with Crippen molar-refractivity contribution in [2.45, 2.75) is 19.4 Å². The number of carbonyl (C=O) groups is 1. The Bertz CT molecular complexity index is 363. The fourth-order valence-corrected chi connectivity index (χ4v) is 2.01. The zero-order chi connectivity index (χ0) is 11.4. The summed E-state index contributed by atoms with van der Waals surface area (Å²) in [4.78, 5) is 11.0. The van der Waals surface area contributed by atoms with Gasteiger partial charge in [-0.3, -0.25) is 4.79 Å². The van der Waals surface area contributed by atoms with Crippen molar-refractivity contribution in [2.24, 2.45) is 0 Å². The number of aliphatic hydroxyl groups is 1. The Morgan fingerprint density at radius 3 is 2.80 bits per heavy atom. The van der Waals surface area contributed by atoms with Crippen molar-refractivity contribution in [3.8, 4) is 0 Å². The molecule has 3 nitrogen and oxygen atoms in total. The minimum absolute atomic E-state index is 0.0296. The van der Waals surface area contributed by atoms with E-state index in [4.69, 9.17) is 0 Å². The van der Waals surface area contributed by atoms with E-state index in [1.165, 1.54) is 7.11 Å². The van der Waals surface area contributed by atoms with E-state index >= 15 is 0 Å². The highest BCUT2D eigenvalue weighted by molar-refractivity contribution is 9.10. The number of hydrogen-bond donors (Lipinski definition) is 1. The first-order chi connectivity index (χ1) is 7.04. The zero-order valence-corrected chi connectivity index (χ0v) is 10.2. The van der Waals surface area contributed by atoms with E-state index in [2.05, 4.69) is 20.7 Å². The Morgan fingerprint density at radius 1 is 1.60 bits per heavy atom. The largest absolute Gasteiger partial charge is 0.469 e. The lowest BCUT2D eigenvalue weighted by Crippen LogP contribution is -2.08. The molecule has 0 aliphatic carbocycles. The first-order valence-electron chi connectivity index (χ1n) is 4.55. The summed E-state index contributed by atoms with van der Waals surface area (Å²) in [5.74, 6) is -0.421. The number of rotatable bonds is 3. The molecule has 0 fully saturated rings. The van der Waals surface area contributed by atoms with Crippen LogP contribution in [0.2, 0.25) is 0 Å². The van der Waals surface area contributed by atoms with Gasteiger partial charge in [0.1, 0.15) is 0 Å². The Morgan fingerprint density at radius 2 is 2.27 bits per heavy atom. The molecule has 1 aromatic carbocycles. The Kier molecular flexibility index (Phi) is 4.29. The van der Waals surface area contributed by atoms with Crippen molar-refractivity contribution in [2.75, 3.05) is 7.11 Å². The maximum absolute atomic E-state index is 11.0. The van der Waals surface area contributed by atoms with Gasteiger partial charge >= 0.3 is 5.97 Å². The van der Waals surface area contributed by atoms with E-state index in [0.717, 1.165) is 10.0 Å². The van der Waals surface area contributed by atoms with Crippen LogP contribution in [-0.2, 0) is 9.53 Å². The molecule has 0 aliphatic heterocycles. The van der Waals surface area contributed by atoms with Crippen LogP contribution >= 0.6 is 15.9 Å². The maximum atomic E-state index is 11.0. The highest BCUT2D eigenvalue weighted by atomic mass is 79.9. The van der Waals surface area contributed by atoms with Crippen molar-refractivity contribution in [1.29, 1.82) is 0 Å². The number of ether oxygens (including phenoxy) is 1. The number of aliphatic hydroxyl groups excluding tert-OH is 1. The van der Waals surface area contributed by atoms with Gasteiger partial charge in [0.15, 0.2) is 0 Å². The molecule has 15 heavy (non-hydrogen) atoms. The molecular formula is C11H13BrO3. The first kappa shape index (κ1) is 12.2. The Labute approximate surface area is 97.2 Å². The van der Waals surface area contributed by atoms with Crippen molar-refractivity contribution in [3.05, 3.63) is 33.8 Å². The van der Waals surface area contributed by atoms with E-state index in [0.29, 0.717) is 5.56 Å². The van der Waals surface area contributed by atoms with Gasteiger partial charge in [-0.2, -0.15) is 0 Å². The summed E-state index contributed by atoms with van der Waals surface area (Å²) in [6.07, 6.45) is -0.856. The van der Waals surface area contributed by atoms with E-state index in [9.17, 15) is 9.90 Å². The van der Waals surface area contributed by atoms with Gasteiger partial charge in [0.2, 0.25) is 0 Å². The molecule has 0 saturated carbocycles. The van der Waals surface area contributed by atoms with Gasteiger partial charge < -0.3 is 9.84 Å². The summed E-state index contributed by atoms with van der Waals surface area (Å²) in [5, 5.41) is 9.76. The van der Waals surface area contributed by atoms with Gasteiger partial charge in [0.25, 0.3) is 0 Å². The van der Waals surface area contributed by atoms with Gasteiger partial charge in [-0.05, 0) is 24.1 Å². The van der Waals surface area contributed by atoms with E-state index in [1.54, 1.807) is 6.07 Å². The summed E-state index contributed by atoms with van der Waals surface area (Å²) in [5.41, 5.74) is 1.79. The number of benzene rings is 1. The number of aryl methyl sites for hydroxylation is 1. The molecule has 0 saturated heterocycles. The third-order valence-electron chi connectivity index (χ3n) is 2.10. The second-order valence-electron chi connectivity index (χ2n) is 3.32. The molecule has 1 rings (SSSR count). The van der Waals surface area contributed by atoms with Crippen molar-refractivity contribution in [1.82, 2.24) is 0 Å². The monoisotopic (exact) mass is 272 g/mol. The lowest BCUT2D eigenvalue weighted by Gasteiger charge is -2.11. The molecule has 1 aromatic rings. The van der Waals surface area contributed by atoms with Crippen LogP contribution in [0.15, 0.2) is 22.7 Å². The number of esters is 1.